The fourth-order valence-electron chi connectivity index (χ4n) is 3.22. The van der Waals surface area contributed by atoms with Gasteiger partial charge >= 0.3 is 0 Å². The number of aryl methyl sites for hydroxylation is 2. The normalized spacial score (nSPS) is 12.0. The van der Waals surface area contributed by atoms with E-state index in [0.717, 1.165) is 0 Å². The van der Waals surface area contributed by atoms with Gasteiger partial charge in [-0.15, -0.1) is 0 Å². The Morgan fingerprint density at radius 3 is 2.36 bits per heavy atom. The molecule has 0 fully saturated rings. The maximum absolute atomic E-state index is 12.7. The second kappa shape index (κ2) is 9.74. The van der Waals surface area contributed by atoms with Crippen LogP contribution in [-0.4, -0.2) is 32.5 Å². The van der Waals surface area contributed by atoms with Crippen LogP contribution in [0.15, 0.2) is 57.9 Å². The van der Waals surface area contributed by atoms with Crippen LogP contribution in [-0.2, 0) is 14.8 Å². The van der Waals surface area contributed by atoms with Gasteiger partial charge in [-0.2, -0.15) is 0 Å². The number of methoxy groups -OCH3 is 1. The van der Waals surface area contributed by atoms with Crippen LogP contribution in [0.2, 0.25) is 0 Å². The third kappa shape index (κ3) is 5.50. The van der Waals surface area contributed by atoms with Gasteiger partial charge in [0.05, 0.1) is 23.6 Å². The number of sulfonamides is 1. The highest BCUT2D eigenvalue weighted by molar-refractivity contribution is 7.92. The number of carbonyl (C=O) groups is 2. The fourth-order valence-corrected chi connectivity index (χ4v) is 4.32. The molecule has 0 aliphatic heterocycles. The van der Waals surface area contributed by atoms with E-state index in [9.17, 15) is 18.0 Å². The van der Waals surface area contributed by atoms with Crippen molar-refractivity contribution in [1.82, 2.24) is 16.0 Å². The van der Waals surface area contributed by atoms with Gasteiger partial charge in [-0.1, -0.05) is 11.2 Å². The molecule has 3 rings (SSSR count). The molecule has 174 valence electrons. The lowest BCUT2D eigenvalue weighted by molar-refractivity contribution is -0.123. The van der Waals surface area contributed by atoms with Gasteiger partial charge in [-0.25, -0.2) is 8.42 Å². The van der Waals surface area contributed by atoms with E-state index in [-0.39, 0.29) is 10.5 Å². The van der Waals surface area contributed by atoms with E-state index in [4.69, 9.17) is 9.26 Å². The smallest absolute Gasteiger partial charge is 0.269 e. The van der Waals surface area contributed by atoms with Crippen LogP contribution in [0.3, 0.4) is 0 Å². The van der Waals surface area contributed by atoms with Crippen molar-refractivity contribution in [3.05, 3.63) is 71.1 Å². The Kier molecular flexibility index (Phi) is 7.02. The summed E-state index contributed by atoms with van der Waals surface area (Å²) in [5.41, 5.74) is 6.27. The van der Waals surface area contributed by atoms with E-state index in [0.29, 0.717) is 28.5 Å². The summed E-state index contributed by atoms with van der Waals surface area (Å²) in [7, 11) is -2.44. The number of nitrogens with one attached hydrogen (secondary N) is 3. The number of rotatable bonds is 7. The minimum Gasteiger partial charge on any atom is -0.497 e. The zero-order chi connectivity index (χ0) is 24.2. The molecule has 1 atom stereocenters. The van der Waals surface area contributed by atoms with Gasteiger partial charge in [0.2, 0.25) is 5.91 Å². The van der Waals surface area contributed by atoms with E-state index in [1.54, 1.807) is 45.0 Å². The third-order valence-electron chi connectivity index (χ3n) is 4.96. The Hall–Kier alpha value is -3.86. The van der Waals surface area contributed by atoms with Gasteiger partial charge in [0.15, 0.2) is 0 Å². The average molecular weight is 473 g/mol. The van der Waals surface area contributed by atoms with Crippen LogP contribution in [0.25, 0.3) is 0 Å². The highest BCUT2D eigenvalue weighted by atomic mass is 32.2. The standard InChI is InChI=1S/C22H24N4O6S/c1-13(20-14(2)25-32-15(20)3)21(27)23-24-22(28)16-6-5-7-19(12-16)33(29,30)26-17-8-10-18(31-4)11-9-17/h5-13,26H,1-4H3,(H,23,27)(H,24,28). The van der Waals surface area contributed by atoms with Gasteiger partial charge in [0.1, 0.15) is 11.5 Å². The molecule has 33 heavy (non-hydrogen) atoms. The Bertz CT molecular complexity index is 1250. The van der Waals surface area contributed by atoms with Gasteiger partial charge in [-0.3, -0.25) is 25.2 Å². The predicted octanol–water partition coefficient (Wildman–Crippen LogP) is 2.67. The van der Waals surface area contributed by atoms with Gasteiger partial charge in [0, 0.05) is 16.8 Å². The summed E-state index contributed by atoms with van der Waals surface area (Å²) in [6, 6.07) is 11.8. The fraction of sp³-hybridized carbons (Fsp3) is 0.227. The summed E-state index contributed by atoms with van der Waals surface area (Å²) < 4.78 is 38.0. The SMILES string of the molecule is COc1ccc(NS(=O)(=O)c2cccc(C(=O)NNC(=O)C(C)c3c(C)noc3C)c2)cc1. The zero-order valence-electron chi connectivity index (χ0n) is 18.5. The Balaban J connectivity index is 1.68. The van der Waals surface area contributed by atoms with Crippen LogP contribution in [0.5, 0.6) is 5.75 Å². The topological polar surface area (TPSA) is 140 Å². The molecule has 1 unspecified atom stereocenters. The molecule has 0 saturated heterocycles. The van der Waals surface area contributed by atoms with Crippen molar-refractivity contribution in [1.29, 1.82) is 0 Å². The van der Waals surface area contributed by atoms with E-state index in [2.05, 4.69) is 20.7 Å². The highest BCUT2D eigenvalue weighted by Crippen LogP contribution is 2.23. The first kappa shape index (κ1) is 23.8. The summed E-state index contributed by atoms with van der Waals surface area (Å²) >= 11 is 0. The van der Waals surface area contributed by atoms with Crippen molar-refractivity contribution in [3.8, 4) is 5.75 Å². The molecular weight excluding hydrogens is 448 g/mol. The molecular formula is C22H24N4O6S. The summed E-state index contributed by atoms with van der Waals surface area (Å²) in [5, 5.41) is 3.82. The Labute approximate surface area is 191 Å². The number of aromatic nitrogens is 1. The minimum absolute atomic E-state index is 0.0536. The summed E-state index contributed by atoms with van der Waals surface area (Å²) in [4.78, 5) is 24.9. The maximum Gasteiger partial charge on any atom is 0.269 e. The van der Waals surface area contributed by atoms with E-state index in [1.165, 1.54) is 31.4 Å². The Morgan fingerprint density at radius 2 is 1.76 bits per heavy atom. The van der Waals surface area contributed by atoms with Crippen molar-refractivity contribution in [2.24, 2.45) is 0 Å². The molecule has 0 aliphatic carbocycles. The second-order valence-corrected chi connectivity index (χ2v) is 8.95. The quantitative estimate of drug-likeness (QED) is 0.449. The number of hydrogen-bond donors (Lipinski definition) is 3. The second-order valence-electron chi connectivity index (χ2n) is 7.26. The van der Waals surface area contributed by atoms with Crippen LogP contribution >= 0.6 is 0 Å². The van der Waals surface area contributed by atoms with Crippen molar-refractivity contribution in [2.45, 2.75) is 31.6 Å². The minimum atomic E-state index is -3.95. The molecule has 0 bridgehead atoms. The number of hydrazine groups is 1. The first-order chi connectivity index (χ1) is 15.6. The number of carbonyl (C=O) groups excluding carboxylic acids is 2. The summed E-state index contributed by atoms with van der Waals surface area (Å²) in [6.45, 7) is 5.08. The molecule has 0 saturated carbocycles. The van der Waals surface area contributed by atoms with Gasteiger partial charge < -0.3 is 9.26 Å². The molecule has 1 aromatic heterocycles. The lowest BCUT2D eigenvalue weighted by Gasteiger charge is -2.13. The summed E-state index contributed by atoms with van der Waals surface area (Å²) in [5.74, 6) is -0.651. The number of ether oxygens (including phenoxy) is 1. The van der Waals surface area contributed by atoms with Crippen LogP contribution in [0.4, 0.5) is 5.69 Å². The third-order valence-corrected chi connectivity index (χ3v) is 6.34. The molecule has 0 radical (unpaired) electrons. The number of hydrogen-bond acceptors (Lipinski definition) is 7. The average Bonchev–Trinajstić information content (AvgIpc) is 3.14. The number of anilines is 1. The first-order valence-corrected chi connectivity index (χ1v) is 11.4. The lowest BCUT2D eigenvalue weighted by atomic mass is 9.99. The molecule has 1 heterocycles. The zero-order valence-corrected chi connectivity index (χ0v) is 19.3. The molecule has 0 aliphatic rings. The monoisotopic (exact) mass is 472 g/mol. The van der Waals surface area contributed by atoms with Gasteiger partial charge in [-0.05, 0) is 63.2 Å². The van der Waals surface area contributed by atoms with Crippen LogP contribution in [0, 0.1) is 13.8 Å². The highest BCUT2D eigenvalue weighted by Gasteiger charge is 2.23. The molecule has 3 aromatic rings. The molecule has 2 amide bonds. The van der Waals surface area contributed by atoms with E-state index in [1.807, 2.05) is 0 Å². The van der Waals surface area contributed by atoms with E-state index < -0.39 is 27.8 Å². The Morgan fingerprint density at radius 1 is 1.06 bits per heavy atom. The number of benzene rings is 2. The first-order valence-electron chi connectivity index (χ1n) is 9.92. The van der Waals surface area contributed by atoms with Crippen LogP contribution in [0.1, 0.15) is 40.2 Å². The largest absolute Gasteiger partial charge is 0.497 e. The molecule has 11 heteroatoms. The number of nitrogens with zero attached hydrogens (tertiary/aromatic N) is 1. The lowest BCUT2D eigenvalue weighted by Crippen LogP contribution is -2.43. The molecule has 0 spiro atoms. The van der Waals surface area contributed by atoms with Gasteiger partial charge in [0.25, 0.3) is 15.9 Å². The maximum atomic E-state index is 12.7. The van der Waals surface area contributed by atoms with Crippen molar-refractivity contribution < 1.29 is 27.3 Å². The number of amides is 2. The molecule has 3 N–H and O–H groups in total. The van der Waals surface area contributed by atoms with E-state index >= 15 is 0 Å². The van der Waals surface area contributed by atoms with Crippen molar-refractivity contribution in [2.75, 3.05) is 11.8 Å². The van der Waals surface area contributed by atoms with Crippen molar-refractivity contribution in [3.63, 3.8) is 0 Å². The molecule has 10 nitrogen and oxygen atoms in total. The molecule has 2 aromatic carbocycles. The van der Waals surface area contributed by atoms with Crippen molar-refractivity contribution >= 4 is 27.5 Å². The van der Waals surface area contributed by atoms with Crippen LogP contribution < -0.4 is 20.3 Å². The summed E-state index contributed by atoms with van der Waals surface area (Å²) in [6.07, 6.45) is 0. The predicted molar refractivity (Wildman–Crippen MR) is 120 cm³/mol.